The number of ether oxygens (including phenoxy) is 1. The van der Waals surface area contributed by atoms with E-state index in [2.05, 4.69) is 11.8 Å². The molecule has 4 nitrogen and oxygen atoms in total. The predicted octanol–water partition coefficient (Wildman–Crippen LogP) is 3.20. The van der Waals surface area contributed by atoms with Crippen LogP contribution in [0, 0.1) is 0 Å². The molecule has 1 N–H and O–H groups in total. The Balaban J connectivity index is 1.65. The average molecular weight is 295 g/mol. The van der Waals surface area contributed by atoms with E-state index in [1.54, 1.807) is 0 Å². The van der Waals surface area contributed by atoms with Crippen LogP contribution >= 0.6 is 0 Å². The lowest BCUT2D eigenvalue weighted by Gasteiger charge is -2.36. The summed E-state index contributed by atoms with van der Waals surface area (Å²) < 4.78 is 6.39. The molecule has 3 aliphatic rings. The van der Waals surface area contributed by atoms with E-state index in [4.69, 9.17) is 4.74 Å². The topological polar surface area (TPSA) is 49.8 Å². The quantitative estimate of drug-likeness (QED) is 0.846. The van der Waals surface area contributed by atoms with Crippen molar-refractivity contribution < 1.29 is 14.6 Å². The van der Waals surface area contributed by atoms with Crippen LogP contribution in [0.5, 0.6) is 0 Å². The lowest BCUT2D eigenvalue weighted by molar-refractivity contribution is -0.151. The third-order valence-corrected chi connectivity index (χ3v) is 5.96. The van der Waals surface area contributed by atoms with Crippen molar-refractivity contribution >= 4 is 5.97 Å². The molecule has 0 aromatic carbocycles. The van der Waals surface area contributed by atoms with Crippen molar-refractivity contribution in [3.05, 3.63) is 0 Å². The third-order valence-electron chi connectivity index (χ3n) is 5.96. The Bertz CT molecular complexity index is 391. The van der Waals surface area contributed by atoms with Gasteiger partial charge in [-0.2, -0.15) is 0 Å². The van der Waals surface area contributed by atoms with E-state index >= 15 is 0 Å². The lowest BCUT2D eigenvalue weighted by atomic mass is 9.90. The highest BCUT2D eigenvalue weighted by atomic mass is 16.5. The molecule has 21 heavy (non-hydrogen) atoms. The summed E-state index contributed by atoms with van der Waals surface area (Å²) in [6.07, 6.45) is 11.0. The van der Waals surface area contributed by atoms with Crippen molar-refractivity contribution in [2.45, 2.75) is 88.4 Å². The number of hydrogen-bond donors (Lipinski definition) is 1. The maximum absolute atomic E-state index is 11.9. The van der Waals surface area contributed by atoms with Gasteiger partial charge in [-0.05, 0) is 51.5 Å². The summed E-state index contributed by atoms with van der Waals surface area (Å²) in [6.45, 7) is 3.81. The van der Waals surface area contributed by atoms with Crippen molar-refractivity contribution in [3.63, 3.8) is 0 Å². The fourth-order valence-electron chi connectivity index (χ4n) is 4.90. The molecule has 120 valence electrons. The first-order valence-electron chi connectivity index (χ1n) is 8.76. The predicted molar refractivity (Wildman–Crippen MR) is 81.4 cm³/mol. The molecular formula is C17H29NO3. The molecule has 0 radical (unpaired) electrons. The van der Waals surface area contributed by atoms with Crippen molar-refractivity contribution in [1.82, 2.24) is 4.90 Å². The second-order valence-electron chi connectivity index (χ2n) is 7.30. The van der Waals surface area contributed by atoms with Gasteiger partial charge < -0.3 is 9.84 Å². The summed E-state index contributed by atoms with van der Waals surface area (Å²) in [5.41, 5.74) is -0.468. The van der Waals surface area contributed by atoms with Crippen molar-refractivity contribution in [1.29, 1.82) is 0 Å². The van der Waals surface area contributed by atoms with E-state index in [9.17, 15) is 9.90 Å². The Morgan fingerprint density at radius 1 is 1.24 bits per heavy atom. The van der Waals surface area contributed by atoms with Crippen LogP contribution in [0.3, 0.4) is 0 Å². The normalized spacial score (nSPS) is 35.8. The van der Waals surface area contributed by atoms with Gasteiger partial charge in [0.15, 0.2) is 0 Å². The van der Waals surface area contributed by atoms with Crippen LogP contribution in [0.25, 0.3) is 0 Å². The highest BCUT2D eigenvalue weighted by Gasteiger charge is 2.49. The van der Waals surface area contributed by atoms with Crippen LogP contribution in [0.4, 0.5) is 0 Å². The van der Waals surface area contributed by atoms with Crippen LogP contribution in [-0.2, 0) is 9.53 Å². The molecule has 3 fully saturated rings. The van der Waals surface area contributed by atoms with E-state index in [-0.39, 0.29) is 11.7 Å². The van der Waals surface area contributed by atoms with Gasteiger partial charge in [-0.25, -0.2) is 0 Å². The zero-order valence-electron chi connectivity index (χ0n) is 13.3. The van der Waals surface area contributed by atoms with E-state index < -0.39 is 11.5 Å². The zero-order valence-corrected chi connectivity index (χ0v) is 13.3. The first-order valence-corrected chi connectivity index (χ1v) is 8.76. The number of carboxylic acid groups (broad SMARTS) is 1. The van der Waals surface area contributed by atoms with Crippen molar-refractivity contribution in [2.24, 2.45) is 0 Å². The van der Waals surface area contributed by atoms with Gasteiger partial charge in [-0.3, -0.25) is 9.69 Å². The lowest BCUT2D eigenvalue weighted by Crippen LogP contribution is -2.52. The van der Waals surface area contributed by atoms with Crippen LogP contribution in [0.1, 0.15) is 71.1 Å². The van der Waals surface area contributed by atoms with Gasteiger partial charge >= 0.3 is 5.97 Å². The van der Waals surface area contributed by atoms with Crippen LogP contribution < -0.4 is 0 Å². The fourth-order valence-corrected chi connectivity index (χ4v) is 4.90. The third kappa shape index (κ3) is 2.72. The van der Waals surface area contributed by atoms with Gasteiger partial charge in [0.25, 0.3) is 0 Å². The van der Waals surface area contributed by atoms with Crippen molar-refractivity contribution in [2.75, 3.05) is 13.1 Å². The number of carboxylic acids is 1. The summed E-state index contributed by atoms with van der Waals surface area (Å²) in [5, 5.41) is 9.76. The molecule has 4 heteroatoms. The van der Waals surface area contributed by atoms with Crippen molar-refractivity contribution in [3.8, 4) is 0 Å². The minimum atomic E-state index is -0.629. The zero-order chi connectivity index (χ0) is 14.9. The van der Waals surface area contributed by atoms with Crippen LogP contribution in [0.2, 0.25) is 0 Å². The molecule has 2 unspecified atom stereocenters. The molecule has 1 saturated carbocycles. The van der Waals surface area contributed by atoms with Crippen LogP contribution in [-0.4, -0.2) is 46.3 Å². The highest BCUT2D eigenvalue weighted by Crippen LogP contribution is 2.44. The molecule has 2 saturated heterocycles. The number of rotatable bonds is 5. The van der Waals surface area contributed by atoms with Gasteiger partial charge in [-0.15, -0.1) is 0 Å². The van der Waals surface area contributed by atoms with E-state index in [1.165, 1.54) is 32.1 Å². The highest BCUT2D eigenvalue weighted by molar-refractivity contribution is 5.79. The minimum Gasteiger partial charge on any atom is -0.480 e. The first kappa shape index (κ1) is 15.3. The Hall–Kier alpha value is -0.610. The monoisotopic (exact) mass is 295 g/mol. The summed E-state index contributed by atoms with van der Waals surface area (Å²) in [5.74, 6) is -0.629. The molecule has 2 heterocycles. The number of nitrogens with zero attached hydrogens (tertiary/aromatic N) is 1. The summed E-state index contributed by atoms with van der Waals surface area (Å²) in [7, 11) is 0. The maximum atomic E-state index is 11.9. The first-order chi connectivity index (χ1) is 10.1. The SMILES string of the molecule is CCCC1(C(=O)O)CCCN1CC1CCC2(CCCC2)O1. The molecule has 3 rings (SSSR count). The molecule has 1 spiro atoms. The second-order valence-corrected chi connectivity index (χ2v) is 7.30. The Kier molecular flexibility index (Phi) is 4.28. The van der Waals surface area contributed by atoms with Gasteiger partial charge in [0.2, 0.25) is 0 Å². The smallest absolute Gasteiger partial charge is 0.324 e. The van der Waals surface area contributed by atoms with E-state index in [1.807, 2.05) is 0 Å². The molecular weight excluding hydrogens is 266 g/mol. The minimum absolute atomic E-state index is 0.154. The van der Waals surface area contributed by atoms with Gasteiger partial charge in [0.1, 0.15) is 5.54 Å². The molecule has 0 amide bonds. The molecule has 0 aromatic rings. The fraction of sp³-hybridized carbons (Fsp3) is 0.941. The Morgan fingerprint density at radius 2 is 2.00 bits per heavy atom. The van der Waals surface area contributed by atoms with Crippen LogP contribution in [0.15, 0.2) is 0 Å². The molecule has 2 aliphatic heterocycles. The summed E-state index contributed by atoms with van der Waals surface area (Å²) >= 11 is 0. The summed E-state index contributed by atoms with van der Waals surface area (Å²) in [4.78, 5) is 14.1. The number of carbonyl (C=O) groups is 1. The maximum Gasteiger partial charge on any atom is 0.324 e. The van der Waals surface area contributed by atoms with E-state index in [0.29, 0.717) is 0 Å². The second kappa shape index (κ2) is 5.88. The Labute approximate surface area is 127 Å². The molecule has 0 aromatic heterocycles. The Morgan fingerprint density at radius 3 is 2.67 bits per heavy atom. The van der Waals surface area contributed by atoms with Gasteiger partial charge in [0, 0.05) is 6.54 Å². The molecule has 0 bridgehead atoms. The standard InChI is InChI=1S/C17H29NO3/c1-2-7-17(15(19)20)10-5-12-18(17)13-14-6-11-16(21-14)8-3-4-9-16/h14H,2-13H2,1H3,(H,19,20). The summed E-state index contributed by atoms with van der Waals surface area (Å²) in [6, 6.07) is 0. The van der Waals surface area contributed by atoms with Gasteiger partial charge in [-0.1, -0.05) is 26.2 Å². The number of aliphatic carboxylic acids is 1. The van der Waals surface area contributed by atoms with E-state index in [0.717, 1.165) is 45.2 Å². The number of hydrogen-bond acceptors (Lipinski definition) is 3. The largest absolute Gasteiger partial charge is 0.480 e. The molecule has 2 atom stereocenters. The average Bonchev–Trinajstić information content (AvgIpc) is 3.15. The molecule has 1 aliphatic carbocycles. The number of likely N-dealkylation sites (tertiary alicyclic amines) is 1. The van der Waals surface area contributed by atoms with Gasteiger partial charge in [0.05, 0.1) is 11.7 Å².